The van der Waals surface area contributed by atoms with E-state index in [1.807, 2.05) is 0 Å². The van der Waals surface area contributed by atoms with Gasteiger partial charge >= 0.3 is 6.16 Å². The van der Waals surface area contributed by atoms with Crippen LogP contribution < -0.4 is 5.73 Å². The molecule has 2 atom stereocenters. The second-order valence-corrected chi connectivity index (χ2v) is 2.55. The average Bonchev–Trinajstić information content (AvgIpc) is 2.02. The van der Waals surface area contributed by atoms with Crippen molar-refractivity contribution in [2.75, 3.05) is 0 Å². The topological polar surface area (TPSA) is 124 Å². The molecule has 80 valence electrons. The van der Waals surface area contributed by atoms with E-state index < -0.39 is 18.0 Å². The Kier molecular flexibility index (Phi) is 7.49. The summed E-state index contributed by atoms with van der Waals surface area (Å²) >= 11 is 0. The molecule has 2 unspecified atom stereocenters. The van der Waals surface area contributed by atoms with Gasteiger partial charge in [0.1, 0.15) is 5.72 Å². The minimum atomic E-state index is -1.83. The molecule has 0 aromatic carbocycles. The third-order valence-electron chi connectivity index (χ3n) is 1.53. The molecular weight excluding hydrogens is 178 g/mol. The fourth-order valence-electron chi connectivity index (χ4n) is 0.589. The van der Waals surface area contributed by atoms with Crippen molar-refractivity contribution in [1.82, 2.24) is 0 Å². The van der Waals surface area contributed by atoms with Crippen molar-refractivity contribution < 1.29 is 25.2 Å². The van der Waals surface area contributed by atoms with Crippen LogP contribution in [0.3, 0.4) is 0 Å². The summed E-state index contributed by atoms with van der Waals surface area (Å²) in [4.78, 5) is 8.56. The van der Waals surface area contributed by atoms with Gasteiger partial charge in [0.2, 0.25) is 0 Å². The van der Waals surface area contributed by atoms with Crippen LogP contribution >= 0.6 is 0 Å². The van der Waals surface area contributed by atoms with E-state index in [0.29, 0.717) is 12.8 Å². The van der Waals surface area contributed by atoms with Gasteiger partial charge in [0.15, 0.2) is 0 Å². The molecule has 0 heterocycles. The lowest BCUT2D eigenvalue weighted by Gasteiger charge is -2.26. The zero-order chi connectivity index (χ0) is 11.1. The second-order valence-electron chi connectivity index (χ2n) is 2.55. The van der Waals surface area contributed by atoms with Gasteiger partial charge in [-0.3, -0.25) is 0 Å². The number of hydrogen-bond acceptors (Lipinski definition) is 4. The van der Waals surface area contributed by atoms with Crippen LogP contribution in [0.2, 0.25) is 0 Å². The summed E-state index contributed by atoms with van der Waals surface area (Å²) in [5.41, 5.74) is 3.88. The highest BCUT2D eigenvalue weighted by Crippen LogP contribution is 2.09. The summed E-state index contributed by atoms with van der Waals surface area (Å²) < 4.78 is 0. The quantitative estimate of drug-likeness (QED) is 0.405. The van der Waals surface area contributed by atoms with E-state index in [4.69, 9.17) is 31.0 Å². The van der Waals surface area contributed by atoms with Crippen molar-refractivity contribution >= 4 is 6.16 Å². The van der Waals surface area contributed by atoms with Crippen LogP contribution in [0.25, 0.3) is 0 Å². The number of hydrogen-bond donors (Lipinski definition) is 5. The summed E-state index contributed by atoms with van der Waals surface area (Å²) in [6.45, 7) is 3.51. The Balaban J connectivity index is 0. The van der Waals surface area contributed by atoms with Crippen molar-refractivity contribution in [1.29, 1.82) is 0 Å². The number of nitrogens with two attached hydrogens (primary N) is 1. The number of carbonyl (C=O) groups is 1. The number of rotatable bonds is 3. The lowest BCUT2D eigenvalue weighted by molar-refractivity contribution is -0.0740. The average molecular weight is 195 g/mol. The maximum atomic E-state index is 9.12. The first-order valence-corrected chi connectivity index (χ1v) is 3.89. The lowest BCUT2D eigenvalue weighted by Crippen LogP contribution is -2.49. The van der Waals surface area contributed by atoms with Crippen LogP contribution in [0.15, 0.2) is 0 Å². The molecule has 0 aromatic heterocycles. The van der Waals surface area contributed by atoms with Gasteiger partial charge in [0.25, 0.3) is 0 Å². The second kappa shape index (κ2) is 6.64. The zero-order valence-electron chi connectivity index (χ0n) is 7.77. The maximum Gasteiger partial charge on any atom is 0.503 e. The first kappa shape index (κ1) is 14.7. The summed E-state index contributed by atoms with van der Waals surface area (Å²) in [6, 6.07) is 0. The van der Waals surface area contributed by atoms with Crippen LogP contribution in [0.4, 0.5) is 4.79 Å². The Morgan fingerprint density at radius 2 is 1.77 bits per heavy atom. The molecule has 6 N–H and O–H groups in total. The van der Waals surface area contributed by atoms with E-state index in [0.717, 1.165) is 0 Å². The van der Waals surface area contributed by atoms with Crippen LogP contribution in [-0.2, 0) is 0 Å². The minimum absolute atomic E-state index is 0.377. The van der Waals surface area contributed by atoms with Gasteiger partial charge in [-0.05, 0) is 12.8 Å². The van der Waals surface area contributed by atoms with E-state index in [1.54, 1.807) is 13.8 Å². The predicted octanol–water partition coefficient (Wildman–Crippen LogP) is 0.0370. The minimum Gasteiger partial charge on any atom is -0.450 e. The lowest BCUT2D eigenvalue weighted by atomic mass is 10.0. The van der Waals surface area contributed by atoms with Crippen molar-refractivity contribution in [2.45, 2.75) is 38.5 Å². The fourth-order valence-corrected chi connectivity index (χ4v) is 0.589. The molecule has 0 saturated heterocycles. The van der Waals surface area contributed by atoms with Crippen molar-refractivity contribution in [3.63, 3.8) is 0 Å². The molecule has 0 saturated carbocycles. The monoisotopic (exact) mass is 195 g/mol. The number of aliphatic hydroxyl groups excluding tert-OH is 1. The summed E-state index contributed by atoms with van der Waals surface area (Å²) in [5, 5.41) is 32.1. The highest BCUT2D eigenvalue weighted by atomic mass is 16.6. The molecule has 0 aliphatic rings. The van der Waals surface area contributed by atoms with Gasteiger partial charge in [-0.15, -0.1) is 0 Å². The molecular formula is C7H17NO5. The van der Waals surface area contributed by atoms with Gasteiger partial charge < -0.3 is 26.2 Å². The highest BCUT2D eigenvalue weighted by molar-refractivity contribution is 5.53. The van der Waals surface area contributed by atoms with Gasteiger partial charge in [-0.25, -0.2) is 4.79 Å². The third-order valence-corrected chi connectivity index (χ3v) is 1.53. The molecule has 0 amide bonds. The molecule has 0 aliphatic heterocycles. The van der Waals surface area contributed by atoms with Gasteiger partial charge in [0.05, 0.1) is 6.10 Å². The van der Waals surface area contributed by atoms with E-state index in [9.17, 15) is 0 Å². The Bertz CT molecular complexity index is 144. The molecule has 0 aliphatic carbocycles. The molecule has 0 aromatic rings. The van der Waals surface area contributed by atoms with E-state index in [1.165, 1.54) is 0 Å². The van der Waals surface area contributed by atoms with Crippen LogP contribution in [0.1, 0.15) is 26.7 Å². The Morgan fingerprint density at radius 1 is 1.46 bits per heavy atom. The predicted molar refractivity (Wildman–Crippen MR) is 46.4 cm³/mol. The molecule has 6 nitrogen and oxygen atoms in total. The highest BCUT2D eigenvalue weighted by Gasteiger charge is 2.26. The Labute approximate surface area is 76.6 Å². The molecule has 0 fully saturated rings. The smallest absolute Gasteiger partial charge is 0.450 e. The van der Waals surface area contributed by atoms with Gasteiger partial charge in [-0.2, -0.15) is 0 Å². The third kappa shape index (κ3) is 9.06. The van der Waals surface area contributed by atoms with Crippen molar-refractivity contribution in [3.8, 4) is 0 Å². The molecule has 0 radical (unpaired) electrons. The summed E-state index contributed by atoms with van der Waals surface area (Å²) in [6.07, 6.45) is -1.77. The number of carboxylic acid groups (broad SMARTS) is 2. The number of aliphatic hydroxyl groups is 2. The van der Waals surface area contributed by atoms with E-state index >= 15 is 0 Å². The van der Waals surface area contributed by atoms with E-state index in [-0.39, 0.29) is 0 Å². The Hall–Kier alpha value is -0.850. The maximum absolute atomic E-state index is 9.12. The van der Waals surface area contributed by atoms with Crippen LogP contribution in [-0.4, -0.2) is 38.4 Å². The van der Waals surface area contributed by atoms with Crippen LogP contribution in [0, 0.1) is 0 Å². The standard InChI is InChI=1S/C6H15NO2.CH2O3/c1-3-5(8)6(7,9)4-2;2-1(3)4/h5,8-9H,3-4,7H2,1-2H3;(H2,2,3,4). The first-order valence-electron chi connectivity index (χ1n) is 3.89. The zero-order valence-corrected chi connectivity index (χ0v) is 7.77. The van der Waals surface area contributed by atoms with Gasteiger partial charge in [0, 0.05) is 0 Å². The molecule has 13 heavy (non-hydrogen) atoms. The molecule has 6 heteroatoms. The largest absolute Gasteiger partial charge is 0.503 e. The Morgan fingerprint density at radius 3 is 1.85 bits per heavy atom. The van der Waals surface area contributed by atoms with Gasteiger partial charge in [-0.1, -0.05) is 13.8 Å². The van der Waals surface area contributed by atoms with Crippen molar-refractivity contribution in [2.24, 2.45) is 5.73 Å². The molecule has 0 rings (SSSR count). The molecule has 0 bridgehead atoms. The molecule has 0 spiro atoms. The SMILES string of the molecule is CCC(O)C(N)(O)CC.O=C(O)O. The van der Waals surface area contributed by atoms with Crippen LogP contribution in [0.5, 0.6) is 0 Å². The summed E-state index contributed by atoms with van der Waals surface area (Å²) in [5.74, 6) is 0. The summed E-state index contributed by atoms with van der Waals surface area (Å²) in [7, 11) is 0. The van der Waals surface area contributed by atoms with Crippen molar-refractivity contribution in [3.05, 3.63) is 0 Å². The normalized spacial score (nSPS) is 16.4. The fraction of sp³-hybridized carbons (Fsp3) is 0.857. The first-order chi connectivity index (χ1) is 5.77. The van der Waals surface area contributed by atoms with E-state index in [2.05, 4.69) is 0 Å².